The van der Waals surface area contributed by atoms with E-state index in [-0.39, 0.29) is 15.3 Å². The molecule has 20 heavy (non-hydrogen) atoms. The zero-order valence-corrected chi connectivity index (χ0v) is 13.6. The van der Waals surface area contributed by atoms with Gasteiger partial charge in [-0.1, -0.05) is 23.2 Å². The van der Waals surface area contributed by atoms with Gasteiger partial charge < -0.3 is 0 Å². The normalized spacial score (nSPS) is 18.1. The van der Waals surface area contributed by atoms with Gasteiger partial charge in [-0.2, -0.15) is 5.26 Å². The molecule has 1 aromatic rings. The summed E-state index contributed by atoms with van der Waals surface area (Å²) in [5.41, 5.74) is 0. The molecule has 0 saturated carbocycles. The predicted molar refractivity (Wildman–Crippen MR) is 79.7 cm³/mol. The first-order valence-electron chi connectivity index (χ1n) is 5.99. The topological polar surface area (TPSA) is 73.2 Å². The fourth-order valence-electron chi connectivity index (χ4n) is 2.10. The summed E-state index contributed by atoms with van der Waals surface area (Å²) in [6.45, 7) is 1.79. The van der Waals surface area contributed by atoms with E-state index in [2.05, 4.69) is 10.8 Å². The van der Waals surface area contributed by atoms with Crippen LogP contribution in [0.15, 0.2) is 11.0 Å². The highest BCUT2D eigenvalue weighted by Gasteiger charge is 2.27. The van der Waals surface area contributed by atoms with Gasteiger partial charge in [0.25, 0.3) is 0 Å². The van der Waals surface area contributed by atoms with Crippen LogP contribution in [0.25, 0.3) is 0 Å². The van der Waals surface area contributed by atoms with Crippen molar-refractivity contribution in [3.05, 3.63) is 14.7 Å². The van der Waals surface area contributed by atoms with Crippen LogP contribution in [0.1, 0.15) is 12.8 Å². The van der Waals surface area contributed by atoms with E-state index in [1.807, 2.05) is 4.90 Å². The third-order valence-corrected chi connectivity index (χ3v) is 6.39. The molecule has 0 amide bonds. The third kappa shape index (κ3) is 3.85. The molecule has 1 fully saturated rings. The second kappa shape index (κ2) is 6.60. The van der Waals surface area contributed by atoms with Crippen LogP contribution < -0.4 is 4.72 Å². The summed E-state index contributed by atoms with van der Waals surface area (Å²) in [7, 11) is -3.64. The van der Waals surface area contributed by atoms with E-state index in [1.165, 1.54) is 6.07 Å². The molecule has 1 saturated heterocycles. The lowest BCUT2D eigenvalue weighted by Crippen LogP contribution is -2.44. The smallest absolute Gasteiger partial charge is 0.243 e. The van der Waals surface area contributed by atoms with Gasteiger partial charge in [0.05, 0.1) is 17.0 Å². The van der Waals surface area contributed by atoms with Gasteiger partial charge in [-0.3, -0.25) is 4.90 Å². The Kier molecular flexibility index (Phi) is 5.29. The minimum atomic E-state index is -3.64. The molecule has 0 radical (unpaired) electrons. The fraction of sp³-hybridized carbons (Fsp3) is 0.545. The number of nitriles is 1. The maximum absolute atomic E-state index is 12.2. The van der Waals surface area contributed by atoms with Crippen molar-refractivity contribution < 1.29 is 8.42 Å². The summed E-state index contributed by atoms with van der Waals surface area (Å²) < 4.78 is 27.6. The van der Waals surface area contributed by atoms with E-state index in [9.17, 15) is 8.42 Å². The van der Waals surface area contributed by atoms with Crippen LogP contribution in [0.2, 0.25) is 8.67 Å². The number of piperidine rings is 1. The van der Waals surface area contributed by atoms with E-state index in [1.54, 1.807) is 0 Å². The Hall–Kier alpha value is -0.360. The Balaban J connectivity index is 2.00. The monoisotopic (exact) mass is 353 g/mol. The molecule has 1 aromatic heterocycles. The molecule has 1 aliphatic rings. The van der Waals surface area contributed by atoms with Gasteiger partial charge in [0.1, 0.15) is 9.23 Å². The highest BCUT2D eigenvalue weighted by atomic mass is 35.5. The van der Waals surface area contributed by atoms with Crippen molar-refractivity contribution in [2.75, 3.05) is 19.6 Å². The molecule has 1 N–H and O–H groups in total. The number of likely N-dealkylation sites (tertiary alicyclic amines) is 1. The van der Waals surface area contributed by atoms with Crippen molar-refractivity contribution in [2.45, 2.75) is 23.8 Å². The number of sulfonamides is 1. The molecule has 2 heterocycles. The Bertz CT molecular complexity index is 616. The average Bonchev–Trinajstić information content (AvgIpc) is 2.72. The molecule has 0 aromatic carbocycles. The van der Waals surface area contributed by atoms with Gasteiger partial charge in [0.2, 0.25) is 10.0 Å². The summed E-state index contributed by atoms with van der Waals surface area (Å²) in [4.78, 5) is 2.04. The van der Waals surface area contributed by atoms with Gasteiger partial charge in [0.15, 0.2) is 0 Å². The number of nitrogens with zero attached hydrogens (tertiary/aromatic N) is 2. The molecule has 5 nitrogen and oxygen atoms in total. The number of rotatable bonds is 4. The summed E-state index contributed by atoms with van der Waals surface area (Å²) in [5, 5.41) is 8.62. The zero-order chi connectivity index (χ0) is 14.8. The highest BCUT2D eigenvalue weighted by molar-refractivity contribution is 7.89. The first-order chi connectivity index (χ1) is 9.42. The third-order valence-electron chi connectivity index (χ3n) is 3.12. The van der Waals surface area contributed by atoms with E-state index in [0.29, 0.717) is 36.8 Å². The number of nitrogens with one attached hydrogen (secondary N) is 1. The van der Waals surface area contributed by atoms with Crippen molar-refractivity contribution in [1.82, 2.24) is 9.62 Å². The van der Waals surface area contributed by atoms with Crippen LogP contribution in [0.3, 0.4) is 0 Å². The minimum Gasteiger partial charge on any atom is -0.290 e. The van der Waals surface area contributed by atoms with Crippen molar-refractivity contribution in [3.8, 4) is 6.07 Å². The molecule has 0 bridgehead atoms. The molecule has 0 atom stereocenters. The quantitative estimate of drug-likeness (QED) is 0.843. The van der Waals surface area contributed by atoms with Crippen molar-refractivity contribution in [2.24, 2.45) is 0 Å². The van der Waals surface area contributed by atoms with E-state index in [4.69, 9.17) is 28.5 Å². The molecular formula is C11H13Cl2N3O2S2. The summed E-state index contributed by atoms with van der Waals surface area (Å²) in [6, 6.07) is 3.32. The lowest BCUT2D eigenvalue weighted by Gasteiger charge is -2.30. The minimum absolute atomic E-state index is 0.0358. The average molecular weight is 354 g/mol. The van der Waals surface area contributed by atoms with Crippen LogP contribution in [0, 0.1) is 11.3 Å². The lowest BCUT2D eigenvalue weighted by molar-refractivity contribution is 0.229. The summed E-state index contributed by atoms with van der Waals surface area (Å²) in [6.07, 6.45) is 1.35. The number of hydrogen-bond acceptors (Lipinski definition) is 5. The molecule has 1 aliphatic heterocycles. The van der Waals surface area contributed by atoms with Crippen LogP contribution >= 0.6 is 34.5 Å². The van der Waals surface area contributed by atoms with Crippen LogP contribution in [0.4, 0.5) is 0 Å². The predicted octanol–water partition coefficient (Wildman–Crippen LogP) is 2.32. The van der Waals surface area contributed by atoms with Gasteiger partial charge in [-0.05, 0) is 18.9 Å². The van der Waals surface area contributed by atoms with E-state index in [0.717, 1.165) is 11.3 Å². The Morgan fingerprint density at radius 2 is 2.10 bits per heavy atom. The first-order valence-corrected chi connectivity index (χ1v) is 9.04. The number of hydrogen-bond donors (Lipinski definition) is 1. The van der Waals surface area contributed by atoms with Crippen LogP contribution in [0.5, 0.6) is 0 Å². The molecular weight excluding hydrogens is 341 g/mol. The molecule has 110 valence electrons. The Labute approximate surface area is 132 Å². The van der Waals surface area contributed by atoms with Gasteiger partial charge >= 0.3 is 0 Å². The van der Waals surface area contributed by atoms with E-state index >= 15 is 0 Å². The second-order valence-corrected chi connectivity index (χ2v) is 8.49. The van der Waals surface area contributed by atoms with Gasteiger partial charge in [-0.25, -0.2) is 13.1 Å². The van der Waals surface area contributed by atoms with E-state index < -0.39 is 10.0 Å². The van der Waals surface area contributed by atoms with Crippen molar-refractivity contribution in [1.29, 1.82) is 5.26 Å². The number of thiophene rings is 1. The Morgan fingerprint density at radius 1 is 1.45 bits per heavy atom. The Morgan fingerprint density at radius 3 is 2.60 bits per heavy atom. The SMILES string of the molecule is N#CCN1CCC(NS(=O)(=O)c2cc(Cl)sc2Cl)CC1. The zero-order valence-electron chi connectivity index (χ0n) is 10.5. The maximum Gasteiger partial charge on any atom is 0.243 e. The first kappa shape index (κ1) is 16.0. The molecule has 0 aliphatic carbocycles. The largest absolute Gasteiger partial charge is 0.290 e. The fourth-order valence-corrected chi connectivity index (χ4v) is 5.55. The van der Waals surface area contributed by atoms with Gasteiger partial charge in [-0.15, -0.1) is 11.3 Å². The highest BCUT2D eigenvalue weighted by Crippen LogP contribution is 2.34. The summed E-state index contributed by atoms with van der Waals surface area (Å²) >= 11 is 12.7. The van der Waals surface area contributed by atoms with Crippen LogP contribution in [-0.4, -0.2) is 39.0 Å². The number of halogens is 2. The second-order valence-electron chi connectivity index (χ2n) is 4.52. The molecule has 0 spiro atoms. The lowest BCUT2D eigenvalue weighted by atomic mass is 10.1. The molecule has 0 unspecified atom stereocenters. The molecule has 9 heteroatoms. The van der Waals surface area contributed by atoms with Gasteiger partial charge in [0, 0.05) is 19.1 Å². The maximum atomic E-state index is 12.2. The van der Waals surface area contributed by atoms with Crippen molar-refractivity contribution in [3.63, 3.8) is 0 Å². The standard InChI is InChI=1S/C11H13Cl2N3O2S2/c12-10-7-9(11(13)19-10)20(17,18)15-8-1-4-16(5-2-8)6-3-14/h7-8,15H,1-2,4-6H2. The van der Waals surface area contributed by atoms with Crippen LogP contribution in [-0.2, 0) is 10.0 Å². The van der Waals surface area contributed by atoms with Crippen molar-refractivity contribution >= 4 is 44.6 Å². The summed E-state index contributed by atoms with van der Waals surface area (Å²) in [5.74, 6) is 0. The molecule has 2 rings (SSSR count).